The van der Waals surface area contributed by atoms with Crippen molar-refractivity contribution < 1.29 is 14.3 Å². The molecule has 3 aromatic rings. The van der Waals surface area contributed by atoms with Crippen LogP contribution in [0.4, 0.5) is 15.3 Å². The zero-order valence-corrected chi connectivity index (χ0v) is 11.7. The molecule has 0 unspecified atom stereocenters. The van der Waals surface area contributed by atoms with Gasteiger partial charge in [0, 0.05) is 6.20 Å². The van der Waals surface area contributed by atoms with Crippen LogP contribution in [0.3, 0.4) is 0 Å². The molecule has 0 saturated heterocycles. The van der Waals surface area contributed by atoms with Crippen LogP contribution in [-0.2, 0) is 0 Å². The number of carboxylic acids is 1. The van der Waals surface area contributed by atoms with Gasteiger partial charge in [0.2, 0.25) is 0 Å². The van der Waals surface area contributed by atoms with E-state index in [1.807, 2.05) is 25.1 Å². The standard InChI is InChI=1S/C14H10FN3O2S/c1-7-2-3-9-10(6-7)21-14(17-9)18-12-11(15)8(13(19)20)4-5-16-12/h2-6H,1H3,(H,19,20)(H,16,17,18). The molecule has 2 aromatic heterocycles. The van der Waals surface area contributed by atoms with Gasteiger partial charge in [-0.1, -0.05) is 17.4 Å². The number of thiazole rings is 1. The van der Waals surface area contributed by atoms with Crippen LogP contribution in [0.2, 0.25) is 0 Å². The minimum absolute atomic E-state index is 0.148. The van der Waals surface area contributed by atoms with Crippen molar-refractivity contribution in [1.82, 2.24) is 9.97 Å². The second kappa shape index (κ2) is 5.10. The quantitative estimate of drug-likeness (QED) is 0.773. The van der Waals surface area contributed by atoms with Crippen molar-refractivity contribution in [2.75, 3.05) is 5.32 Å². The van der Waals surface area contributed by atoms with Gasteiger partial charge in [0.25, 0.3) is 0 Å². The van der Waals surface area contributed by atoms with Gasteiger partial charge in [-0.3, -0.25) is 0 Å². The van der Waals surface area contributed by atoms with E-state index in [0.717, 1.165) is 21.8 Å². The second-order valence-corrected chi connectivity index (χ2v) is 5.47. The van der Waals surface area contributed by atoms with Crippen LogP contribution >= 0.6 is 11.3 Å². The number of rotatable bonds is 3. The summed E-state index contributed by atoms with van der Waals surface area (Å²) in [5, 5.41) is 12.1. The third-order valence-corrected chi connectivity index (χ3v) is 3.82. The maximum Gasteiger partial charge on any atom is 0.338 e. The van der Waals surface area contributed by atoms with Crippen LogP contribution in [0.1, 0.15) is 15.9 Å². The molecule has 106 valence electrons. The van der Waals surface area contributed by atoms with E-state index < -0.39 is 17.3 Å². The van der Waals surface area contributed by atoms with E-state index in [4.69, 9.17) is 5.11 Å². The number of aryl methyl sites for hydroxylation is 1. The van der Waals surface area contributed by atoms with Crippen molar-refractivity contribution in [3.8, 4) is 0 Å². The number of nitrogens with zero attached hydrogens (tertiary/aromatic N) is 2. The first kappa shape index (κ1) is 13.4. The van der Waals surface area contributed by atoms with Crippen molar-refractivity contribution in [2.24, 2.45) is 0 Å². The van der Waals surface area contributed by atoms with Crippen molar-refractivity contribution in [1.29, 1.82) is 0 Å². The SMILES string of the molecule is Cc1ccc2nc(Nc3nccc(C(=O)O)c3F)sc2c1. The lowest BCUT2D eigenvalue weighted by Gasteiger charge is -2.04. The third-order valence-electron chi connectivity index (χ3n) is 2.89. The lowest BCUT2D eigenvalue weighted by atomic mass is 10.2. The van der Waals surface area contributed by atoms with Crippen molar-refractivity contribution in [3.63, 3.8) is 0 Å². The maximum atomic E-state index is 14.0. The van der Waals surface area contributed by atoms with Crippen LogP contribution < -0.4 is 5.32 Å². The zero-order valence-electron chi connectivity index (χ0n) is 10.9. The zero-order chi connectivity index (χ0) is 15.0. The number of pyridine rings is 1. The average Bonchev–Trinajstić information content (AvgIpc) is 2.82. The smallest absolute Gasteiger partial charge is 0.338 e. The molecule has 0 atom stereocenters. The summed E-state index contributed by atoms with van der Waals surface area (Å²) in [6, 6.07) is 6.92. The van der Waals surface area contributed by atoms with Gasteiger partial charge >= 0.3 is 5.97 Å². The van der Waals surface area contributed by atoms with Gasteiger partial charge in [-0.15, -0.1) is 0 Å². The molecule has 3 rings (SSSR count). The number of nitrogens with one attached hydrogen (secondary N) is 1. The van der Waals surface area contributed by atoms with E-state index in [1.54, 1.807) is 0 Å². The molecule has 0 aliphatic carbocycles. The van der Waals surface area contributed by atoms with E-state index >= 15 is 0 Å². The lowest BCUT2D eigenvalue weighted by molar-refractivity contribution is 0.0692. The highest BCUT2D eigenvalue weighted by Crippen LogP contribution is 2.29. The summed E-state index contributed by atoms with van der Waals surface area (Å²) in [6.07, 6.45) is 1.24. The largest absolute Gasteiger partial charge is 0.478 e. The Morgan fingerprint density at radius 1 is 1.38 bits per heavy atom. The Bertz CT molecular complexity index is 847. The summed E-state index contributed by atoms with van der Waals surface area (Å²) in [4.78, 5) is 19.0. The first-order chi connectivity index (χ1) is 10.0. The summed E-state index contributed by atoms with van der Waals surface area (Å²) < 4.78 is 15.0. The lowest BCUT2D eigenvalue weighted by Crippen LogP contribution is -2.05. The van der Waals surface area contributed by atoms with Gasteiger partial charge in [-0.05, 0) is 30.7 Å². The molecule has 2 heterocycles. The number of anilines is 2. The highest BCUT2D eigenvalue weighted by Gasteiger charge is 2.16. The first-order valence-electron chi connectivity index (χ1n) is 6.06. The minimum atomic E-state index is -1.34. The molecule has 0 saturated carbocycles. The number of carbonyl (C=O) groups is 1. The number of aromatic nitrogens is 2. The highest BCUT2D eigenvalue weighted by molar-refractivity contribution is 7.22. The van der Waals surface area contributed by atoms with E-state index in [9.17, 15) is 9.18 Å². The van der Waals surface area contributed by atoms with E-state index in [1.165, 1.54) is 17.5 Å². The van der Waals surface area contributed by atoms with Crippen molar-refractivity contribution in [2.45, 2.75) is 6.92 Å². The Kier molecular flexibility index (Phi) is 3.26. The Labute approximate surface area is 123 Å². The number of hydrogen-bond acceptors (Lipinski definition) is 5. The normalized spacial score (nSPS) is 10.8. The molecule has 0 bridgehead atoms. The van der Waals surface area contributed by atoms with Gasteiger partial charge in [-0.25, -0.2) is 19.2 Å². The monoisotopic (exact) mass is 303 g/mol. The van der Waals surface area contributed by atoms with Crippen molar-refractivity contribution >= 4 is 38.5 Å². The summed E-state index contributed by atoms with van der Waals surface area (Å²) >= 11 is 1.35. The van der Waals surface area contributed by atoms with E-state index in [2.05, 4.69) is 15.3 Å². The fourth-order valence-electron chi connectivity index (χ4n) is 1.88. The summed E-state index contributed by atoms with van der Waals surface area (Å²) in [5.41, 5.74) is 1.47. The topological polar surface area (TPSA) is 75.1 Å². The molecule has 0 spiro atoms. The number of hydrogen-bond donors (Lipinski definition) is 2. The van der Waals surface area contributed by atoms with Crippen LogP contribution in [0.5, 0.6) is 0 Å². The molecule has 0 amide bonds. The van der Waals surface area contributed by atoms with Gasteiger partial charge in [0.05, 0.1) is 10.2 Å². The Balaban J connectivity index is 1.98. The molecule has 0 fully saturated rings. The number of aromatic carboxylic acids is 1. The Hall–Kier alpha value is -2.54. The molecule has 2 N–H and O–H groups in total. The summed E-state index contributed by atoms with van der Waals surface area (Å²) in [5.74, 6) is -2.39. The summed E-state index contributed by atoms with van der Waals surface area (Å²) in [6.45, 7) is 1.98. The number of carboxylic acid groups (broad SMARTS) is 1. The predicted octanol–water partition coefficient (Wildman–Crippen LogP) is 3.58. The molecule has 0 radical (unpaired) electrons. The fraction of sp³-hybridized carbons (Fsp3) is 0.0714. The average molecular weight is 303 g/mol. The van der Waals surface area contributed by atoms with Crippen LogP contribution in [-0.4, -0.2) is 21.0 Å². The third kappa shape index (κ3) is 2.55. The Morgan fingerprint density at radius 3 is 2.95 bits per heavy atom. The van der Waals surface area contributed by atoms with Gasteiger partial charge in [0.1, 0.15) is 5.56 Å². The van der Waals surface area contributed by atoms with E-state index in [-0.39, 0.29) is 5.82 Å². The van der Waals surface area contributed by atoms with Crippen LogP contribution in [0, 0.1) is 12.7 Å². The molecule has 1 aromatic carbocycles. The van der Waals surface area contributed by atoms with Crippen LogP contribution in [0.15, 0.2) is 30.5 Å². The molecule has 7 heteroatoms. The molecule has 0 aliphatic heterocycles. The maximum absolute atomic E-state index is 14.0. The Morgan fingerprint density at radius 2 is 2.19 bits per heavy atom. The highest BCUT2D eigenvalue weighted by atomic mass is 32.1. The van der Waals surface area contributed by atoms with Gasteiger partial charge < -0.3 is 10.4 Å². The first-order valence-corrected chi connectivity index (χ1v) is 6.88. The van der Waals surface area contributed by atoms with Crippen molar-refractivity contribution in [3.05, 3.63) is 47.4 Å². The molecular formula is C14H10FN3O2S. The van der Waals surface area contributed by atoms with Crippen LogP contribution in [0.25, 0.3) is 10.2 Å². The molecule has 21 heavy (non-hydrogen) atoms. The fourth-order valence-corrected chi connectivity index (χ4v) is 2.85. The second-order valence-electron chi connectivity index (χ2n) is 4.44. The van der Waals surface area contributed by atoms with Gasteiger partial charge in [-0.2, -0.15) is 0 Å². The molecule has 0 aliphatic rings. The van der Waals surface area contributed by atoms with Gasteiger partial charge in [0.15, 0.2) is 16.8 Å². The predicted molar refractivity (Wildman–Crippen MR) is 78.8 cm³/mol. The molecule has 5 nitrogen and oxygen atoms in total. The summed E-state index contributed by atoms with van der Waals surface area (Å²) in [7, 11) is 0. The number of fused-ring (bicyclic) bond motifs is 1. The number of halogens is 1. The number of benzene rings is 1. The van der Waals surface area contributed by atoms with E-state index in [0.29, 0.717) is 5.13 Å². The minimum Gasteiger partial charge on any atom is -0.478 e. The molecular weight excluding hydrogens is 293 g/mol.